The Morgan fingerprint density at radius 3 is 2.72 bits per heavy atom. The number of nitrogens with one attached hydrogen (secondary N) is 2. The molecular formula is C21H17N5O3. The number of nitrogens with zero attached hydrogens (tertiary/aromatic N) is 3. The first-order chi connectivity index (χ1) is 14.0. The summed E-state index contributed by atoms with van der Waals surface area (Å²) in [6.45, 7) is 1.81. The van der Waals surface area contributed by atoms with Gasteiger partial charge in [-0.25, -0.2) is 15.2 Å². The summed E-state index contributed by atoms with van der Waals surface area (Å²) in [5, 5.41) is 13.3. The molecule has 0 spiro atoms. The van der Waals surface area contributed by atoms with Crippen LogP contribution in [0, 0.1) is 18.3 Å². The number of aromatic amines is 1. The second-order valence-corrected chi connectivity index (χ2v) is 6.05. The number of esters is 1. The van der Waals surface area contributed by atoms with Crippen molar-refractivity contribution in [1.82, 2.24) is 9.97 Å². The second-order valence-electron chi connectivity index (χ2n) is 6.05. The minimum atomic E-state index is -0.567. The van der Waals surface area contributed by atoms with E-state index in [4.69, 9.17) is 4.74 Å². The molecule has 0 aliphatic carbocycles. The fraction of sp³-hybridized carbons (Fsp3) is 0.0952. The third-order valence-corrected chi connectivity index (χ3v) is 4.13. The Labute approximate surface area is 166 Å². The third kappa shape index (κ3) is 4.36. The van der Waals surface area contributed by atoms with Gasteiger partial charge in [-0.05, 0) is 24.1 Å². The monoisotopic (exact) mass is 387 g/mol. The Bertz CT molecular complexity index is 1180. The largest absolute Gasteiger partial charge is 0.465 e. The summed E-state index contributed by atoms with van der Waals surface area (Å²) < 4.78 is 4.76. The number of hydrogen-bond acceptors (Lipinski definition) is 7. The van der Waals surface area contributed by atoms with Crippen LogP contribution in [0.3, 0.4) is 0 Å². The number of rotatable bonds is 5. The zero-order valence-electron chi connectivity index (χ0n) is 15.8. The molecule has 0 aliphatic rings. The van der Waals surface area contributed by atoms with Crippen LogP contribution in [0.5, 0.6) is 0 Å². The molecule has 0 aliphatic heterocycles. The van der Waals surface area contributed by atoms with Crippen LogP contribution in [0.25, 0.3) is 11.3 Å². The van der Waals surface area contributed by atoms with E-state index < -0.39 is 11.5 Å². The van der Waals surface area contributed by atoms with E-state index in [2.05, 4.69) is 20.5 Å². The fourth-order valence-corrected chi connectivity index (χ4v) is 2.65. The van der Waals surface area contributed by atoms with Gasteiger partial charge in [0.15, 0.2) is 0 Å². The molecule has 29 heavy (non-hydrogen) atoms. The number of anilines is 1. The maximum Gasteiger partial charge on any atom is 0.338 e. The number of H-pyrrole nitrogens is 1. The van der Waals surface area contributed by atoms with Gasteiger partial charge in [-0.2, -0.15) is 10.4 Å². The third-order valence-electron chi connectivity index (χ3n) is 4.13. The average Bonchev–Trinajstić information content (AvgIpc) is 2.74. The van der Waals surface area contributed by atoms with Crippen molar-refractivity contribution in [3.8, 4) is 17.3 Å². The zero-order valence-corrected chi connectivity index (χ0v) is 15.8. The van der Waals surface area contributed by atoms with Gasteiger partial charge in [-0.15, -0.1) is 0 Å². The van der Waals surface area contributed by atoms with Gasteiger partial charge in [0, 0.05) is 5.56 Å². The quantitative estimate of drug-likeness (QED) is 0.395. The highest BCUT2D eigenvalue weighted by molar-refractivity contribution is 5.93. The Kier molecular flexibility index (Phi) is 5.80. The molecule has 144 valence electrons. The van der Waals surface area contributed by atoms with E-state index in [0.717, 1.165) is 5.56 Å². The molecule has 1 aromatic heterocycles. The average molecular weight is 387 g/mol. The smallest absolute Gasteiger partial charge is 0.338 e. The van der Waals surface area contributed by atoms with Crippen LogP contribution in [0.4, 0.5) is 5.95 Å². The Hall–Kier alpha value is -4.25. The molecule has 0 radical (unpaired) electrons. The number of aryl methyl sites for hydroxylation is 1. The molecule has 0 amide bonds. The van der Waals surface area contributed by atoms with E-state index in [9.17, 15) is 14.9 Å². The SMILES string of the molecule is COC(=O)c1cc(C=NNc2nc(-c3ccccc3)c(C#N)c(=O)[nH]2)ccc1C. The van der Waals surface area contributed by atoms with Crippen LogP contribution in [0.2, 0.25) is 0 Å². The summed E-state index contributed by atoms with van der Waals surface area (Å²) in [5.74, 6) is -0.347. The van der Waals surface area contributed by atoms with E-state index in [-0.39, 0.29) is 17.2 Å². The number of hydrazone groups is 1. The lowest BCUT2D eigenvalue weighted by Gasteiger charge is -2.06. The number of benzene rings is 2. The number of methoxy groups -OCH3 is 1. The molecule has 3 rings (SSSR count). The Morgan fingerprint density at radius 2 is 2.03 bits per heavy atom. The van der Waals surface area contributed by atoms with Crippen molar-refractivity contribution in [3.05, 3.63) is 81.1 Å². The van der Waals surface area contributed by atoms with Crippen LogP contribution in [-0.4, -0.2) is 29.3 Å². The second kappa shape index (κ2) is 8.63. The van der Waals surface area contributed by atoms with Gasteiger partial charge in [0.25, 0.3) is 5.56 Å². The minimum Gasteiger partial charge on any atom is -0.465 e. The lowest BCUT2D eigenvalue weighted by atomic mass is 10.1. The number of carbonyl (C=O) groups is 1. The minimum absolute atomic E-state index is 0.0769. The molecule has 0 saturated heterocycles. The molecule has 8 nitrogen and oxygen atoms in total. The summed E-state index contributed by atoms with van der Waals surface area (Å²) in [4.78, 5) is 30.8. The number of aromatic nitrogens is 2. The van der Waals surface area contributed by atoms with Crippen LogP contribution in [0.15, 0.2) is 58.4 Å². The molecule has 1 heterocycles. The molecule has 0 fully saturated rings. The van der Waals surface area contributed by atoms with Gasteiger partial charge in [0.1, 0.15) is 11.6 Å². The van der Waals surface area contributed by atoms with E-state index in [0.29, 0.717) is 16.7 Å². The van der Waals surface area contributed by atoms with Gasteiger partial charge in [-0.3, -0.25) is 9.78 Å². The van der Waals surface area contributed by atoms with E-state index >= 15 is 0 Å². The summed E-state index contributed by atoms with van der Waals surface area (Å²) >= 11 is 0. The zero-order chi connectivity index (χ0) is 20.8. The molecule has 0 atom stereocenters. The fourth-order valence-electron chi connectivity index (χ4n) is 2.65. The van der Waals surface area contributed by atoms with Crippen molar-refractivity contribution in [2.75, 3.05) is 12.5 Å². The van der Waals surface area contributed by atoms with Gasteiger partial charge in [0.2, 0.25) is 5.95 Å². The molecule has 0 saturated carbocycles. The van der Waals surface area contributed by atoms with E-state index in [1.54, 1.807) is 42.5 Å². The van der Waals surface area contributed by atoms with Gasteiger partial charge < -0.3 is 4.74 Å². The van der Waals surface area contributed by atoms with Gasteiger partial charge >= 0.3 is 5.97 Å². The van der Waals surface area contributed by atoms with Gasteiger partial charge in [0.05, 0.1) is 24.6 Å². The van der Waals surface area contributed by atoms with Crippen molar-refractivity contribution < 1.29 is 9.53 Å². The summed E-state index contributed by atoms with van der Waals surface area (Å²) in [6.07, 6.45) is 1.48. The molecule has 2 aromatic carbocycles. The molecular weight excluding hydrogens is 370 g/mol. The van der Waals surface area contributed by atoms with E-state index in [1.165, 1.54) is 13.3 Å². The normalized spacial score (nSPS) is 10.5. The molecule has 8 heteroatoms. The van der Waals surface area contributed by atoms with Crippen molar-refractivity contribution in [1.29, 1.82) is 5.26 Å². The Balaban J connectivity index is 1.88. The highest BCUT2D eigenvalue weighted by Crippen LogP contribution is 2.19. The Morgan fingerprint density at radius 1 is 1.28 bits per heavy atom. The molecule has 2 N–H and O–H groups in total. The molecule has 0 unspecified atom stereocenters. The van der Waals surface area contributed by atoms with Gasteiger partial charge in [-0.1, -0.05) is 42.5 Å². The lowest BCUT2D eigenvalue weighted by molar-refractivity contribution is 0.0600. The summed E-state index contributed by atoms with van der Waals surface area (Å²) in [6, 6.07) is 16.0. The first kappa shape index (κ1) is 19.5. The van der Waals surface area contributed by atoms with Crippen LogP contribution in [0.1, 0.15) is 27.0 Å². The number of ether oxygens (including phenoxy) is 1. The highest BCUT2D eigenvalue weighted by atomic mass is 16.5. The number of carbonyl (C=O) groups excluding carboxylic acids is 1. The number of hydrogen-bond donors (Lipinski definition) is 2. The highest BCUT2D eigenvalue weighted by Gasteiger charge is 2.13. The molecule has 3 aromatic rings. The van der Waals surface area contributed by atoms with Crippen molar-refractivity contribution in [2.45, 2.75) is 6.92 Å². The van der Waals surface area contributed by atoms with Crippen LogP contribution in [-0.2, 0) is 4.74 Å². The van der Waals surface area contributed by atoms with E-state index in [1.807, 2.05) is 19.1 Å². The maximum atomic E-state index is 12.2. The number of nitriles is 1. The van der Waals surface area contributed by atoms with Crippen molar-refractivity contribution >= 4 is 18.1 Å². The van der Waals surface area contributed by atoms with Crippen LogP contribution < -0.4 is 11.0 Å². The maximum absolute atomic E-state index is 12.2. The van der Waals surface area contributed by atoms with Crippen molar-refractivity contribution in [3.63, 3.8) is 0 Å². The predicted octanol–water partition coefficient (Wildman–Crippen LogP) is 2.85. The van der Waals surface area contributed by atoms with Crippen LogP contribution >= 0.6 is 0 Å². The summed E-state index contributed by atoms with van der Waals surface area (Å²) in [5.41, 5.74) is 4.79. The van der Waals surface area contributed by atoms with Crippen molar-refractivity contribution in [2.24, 2.45) is 5.10 Å². The summed E-state index contributed by atoms with van der Waals surface area (Å²) in [7, 11) is 1.32. The standard InChI is InChI=1S/C21H17N5O3/c1-13-8-9-14(10-16(13)20(28)29-2)12-23-26-21-24-18(15-6-4-3-5-7-15)17(11-22)19(27)25-21/h3-10,12H,1-2H3,(H2,24,25,26,27). The topological polar surface area (TPSA) is 120 Å². The first-order valence-corrected chi connectivity index (χ1v) is 8.61. The molecule has 0 bridgehead atoms. The lowest BCUT2D eigenvalue weighted by Crippen LogP contribution is -2.16. The predicted molar refractivity (Wildman–Crippen MR) is 109 cm³/mol. The first-order valence-electron chi connectivity index (χ1n) is 8.61.